The Kier molecular flexibility index (Phi) is 7.35. The topological polar surface area (TPSA) is 82.4 Å². The lowest BCUT2D eigenvalue weighted by Crippen LogP contribution is -2.63. The van der Waals surface area contributed by atoms with Crippen LogP contribution in [0.4, 0.5) is 0 Å². The van der Waals surface area contributed by atoms with Crippen molar-refractivity contribution in [2.75, 3.05) is 19.7 Å². The number of β-amino-alcohol motifs (C(OH)–C–C–N with tert-alkyl or cyclic N) is 1. The molecule has 6 nitrogen and oxygen atoms in total. The van der Waals surface area contributed by atoms with E-state index in [-0.39, 0.29) is 6.54 Å². The first-order valence-electron chi connectivity index (χ1n) is 12.4. The van der Waals surface area contributed by atoms with Crippen LogP contribution in [0.15, 0.2) is 72.8 Å². The van der Waals surface area contributed by atoms with Crippen molar-refractivity contribution in [1.29, 1.82) is 0 Å². The average Bonchev–Trinajstić information content (AvgIpc) is 3.21. The molecule has 2 aliphatic heterocycles. The maximum atomic E-state index is 11.3. The lowest BCUT2D eigenvalue weighted by Gasteiger charge is -2.45. The van der Waals surface area contributed by atoms with E-state index in [9.17, 15) is 15.3 Å². The van der Waals surface area contributed by atoms with Gasteiger partial charge in [-0.25, -0.2) is 0 Å². The number of rotatable bonds is 7. The summed E-state index contributed by atoms with van der Waals surface area (Å²) in [6, 6.07) is 23.4. The molecule has 2 heterocycles. The first-order chi connectivity index (χ1) is 17.4. The van der Waals surface area contributed by atoms with Gasteiger partial charge in [0.25, 0.3) is 0 Å². The minimum Gasteiger partial charge on any atom is -0.494 e. The fraction of sp³-hybridized carbons (Fsp3) is 0.379. The number of ether oxygens (including phenoxy) is 2. The van der Waals surface area contributed by atoms with Gasteiger partial charge in [-0.2, -0.15) is 0 Å². The van der Waals surface area contributed by atoms with Gasteiger partial charge >= 0.3 is 0 Å². The number of nitrogens with zero attached hydrogens (tertiary/aromatic N) is 1. The Balaban J connectivity index is 1.34. The highest BCUT2D eigenvalue weighted by Crippen LogP contribution is 2.42. The predicted octanol–water partition coefficient (Wildman–Crippen LogP) is 3.74. The molecule has 0 aliphatic carbocycles. The van der Waals surface area contributed by atoms with Crippen molar-refractivity contribution in [1.82, 2.24) is 4.90 Å². The Morgan fingerprint density at radius 3 is 2.50 bits per heavy atom. The van der Waals surface area contributed by atoms with E-state index in [1.165, 1.54) is 0 Å². The third-order valence-corrected chi connectivity index (χ3v) is 7.56. The smallest absolute Gasteiger partial charge is 0.133 e. The lowest BCUT2D eigenvalue weighted by molar-refractivity contribution is -0.254. The molecule has 3 aromatic rings. The summed E-state index contributed by atoms with van der Waals surface area (Å²) < 4.78 is 11.8. The van der Waals surface area contributed by atoms with Gasteiger partial charge in [-0.05, 0) is 53.8 Å². The Hall–Kier alpha value is -2.45. The van der Waals surface area contributed by atoms with Crippen LogP contribution in [0.1, 0.15) is 35.3 Å². The summed E-state index contributed by atoms with van der Waals surface area (Å²) >= 11 is 6.51. The van der Waals surface area contributed by atoms with Crippen LogP contribution in [0.25, 0.3) is 0 Å². The van der Waals surface area contributed by atoms with Crippen LogP contribution < -0.4 is 4.74 Å². The second-order valence-electron chi connectivity index (χ2n) is 9.73. The molecule has 190 valence electrons. The molecule has 2 aliphatic rings. The maximum Gasteiger partial charge on any atom is 0.133 e. The second kappa shape index (κ2) is 10.5. The van der Waals surface area contributed by atoms with E-state index >= 15 is 0 Å². The fourth-order valence-electron chi connectivity index (χ4n) is 5.32. The lowest BCUT2D eigenvalue weighted by atomic mass is 9.82. The minimum atomic E-state index is -1.54. The van der Waals surface area contributed by atoms with Crippen LogP contribution in [0.2, 0.25) is 5.02 Å². The Morgan fingerprint density at radius 2 is 1.78 bits per heavy atom. The van der Waals surface area contributed by atoms with Crippen molar-refractivity contribution in [3.63, 3.8) is 0 Å². The zero-order chi connectivity index (χ0) is 25.3. The SMILES string of the molecule is CCOc1ccc(Cc2cc([C@@H]3OC4CN(Cc5ccccc5)C[C@@]4(O)[C@H](O)[C@H]3O)ccc2Cl)cc1. The van der Waals surface area contributed by atoms with Crippen LogP contribution in [0.3, 0.4) is 0 Å². The monoisotopic (exact) mass is 509 g/mol. The number of hydrogen-bond donors (Lipinski definition) is 3. The normalized spacial score (nSPS) is 28.1. The summed E-state index contributed by atoms with van der Waals surface area (Å²) in [5, 5.41) is 33.9. The summed E-state index contributed by atoms with van der Waals surface area (Å²) in [5.41, 5.74) is 2.26. The zero-order valence-corrected chi connectivity index (χ0v) is 21.0. The summed E-state index contributed by atoms with van der Waals surface area (Å²) in [6.07, 6.45) is -3.43. The molecule has 7 heteroatoms. The average molecular weight is 510 g/mol. The van der Waals surface area contributed by atoms with Gasteiger partial charge in [-0.1, -0.05) is 66.2 Å². The standard InChI is InChI=1S/C29H32ClNO5/c1-2-35-23-11-8-19(9-12-23)14-22-15-21(10-13-24(22)30)27-26(32)28(33)29(34)18-31(17-25(29)36-27)16-20-6-4-3-5-7-20/h3-13,15,25-28,32-34H,2,14,16-18H2,1H3/t25?,26-,27-,28+,29-/m0/s1. The van der Waals surface area contributed by atoms with Crippen LogP contribution >= 0.6 is 11.6 Å². The molecule has 0 bridgehead atoms. The van der Waals surface area contributed by atoms with Crippen molar-refractivity contribution in [3.05, 3.63) is 100 Å². The molecular weight excluding hydrogens is 478 g/mol. The second-order valence-corrected chi connectivity index (χ2v) is 10.1. The van der Waals surface area contributed by atoms with E-state index in [2.05, 4.69) is 4.90 Å². The quantitative estimate of drug-likeness (QED) is 0.450. The number of halogens is 1. The summed E-state index contributed by atoms with van der Waals surface area (Å²) in [7, 11) is 0. The first-order valence-corrected chi connectivity index (χ1v) is 12.8. The molecule has 0 aromatic heterocycles. The number of aliphatic hydroxyl groups is 3. The van der Waals surface area contributed by atoms with Gasteiger partial charge in [0.15, 0.2) is 0 Å². The predicted molar refractivity (Wildman–Crippen MR) is 138 cm³/mol. The zero-order valence-electron chi connectivity index (χ0n) is 20.3. The molecule has 0 radical (unpaired) electrons. The molecule has 1 unspecified atom stereocenters. The van der Waals surface area contributed by atoms with Gasteiger partial charge < -0.3 is 24.8 Å². The van der Waals surface area contributed by atoms with Crippen LogP contribution in [-0.2, 0) is 17.7 Å². The highest BCUT2D eigenvalue weighted by Gasteiger charge is 2.59. The van der Waals surface area contributed by atoms with Gasteiger partial charge in [0.05, 0.1) is 6.61 Å². The molecule has 0 amide bonds. The van der Waals surface area contributed by atoms with E-state index in [0.717, 1.165) is 28.0 Å². The van der Waals surface area contributed by atoms with E-state index in [1.807, 2.05) is 73.7 Å². The molecule has 5 atom stereocenters. The van der Waals surface area contributed by atoms with Crippen molar-refractivity contribution >= 4 is 11.6 Å². The van der Waals surface area contributed by atoms with Crippen molar-refractivity contribution in [2.24, 2.45) is 0 Å². The number of hydrogen-bond acceptors (Lipinski definition) is 6. The fourth-order valence-corrected chi connectivity index (χ4v) is 5.50. The molecule has 2 fully saturated rings. The van der Waals surface area contributed by atoms with Crippen LogP contribution in [-0.4, -0.2) is 63.8 Å². The van der Waals surface area contributed by atoms with Crippen molar-refractivity contribution in [2.45, 2.75) is 49.9 Å². The molecule has 3 aromatic carbocycles. The molecule has 36 heavy (non-hydrogen) atoms. The highest BCUT2D eigenvalue weighted by molar-refractivity contribution is 6.31. The largest absolute Gasteiger partial charge is 0.494 e. The molecular formula is C29H32ClNO5. The molecule has 0 spiro atoms. The summed E-state index contributed by atoms with van der Waals surface area (Å²) in [4.78, 5) is 2.05. The van der Waals surface area contributed by atoms with Crippen LogP contribution in [0, 0.1) is 0 Å². The van der Waals surface area contributed by atoms with E-state index < -0.39 is 30.0 Å². The summed E-state index contributed by atoms with van der Waals surface area (Å²) in [6.45, 7) is 3.87. The van der Waals surface area contributed by atoms with E-state index in [4.69, 9.17) is 21.1 Å². The molecule has 5 rings (SSSR count). The van der Waals surface area contributed by atoms with E-state index in [1.54, 1.807) is 6.07 Å². The maximum absolute atomic E-state index is 11.3. The molecule has 3 N–H and O–H groups in total. The number of benzene rings is 3. The van der Waals surface area contributed by atoms with Gasteiger partial charge in [-0.3, -0.25) is 4.90 Å². The van der Waals surface area contributed by atoms with E-state index in [0.29, 0.717) is 31.1 Å². The molecule has 2 saturated heterocycles. The van der Waals surface area contributed by atoms with Crippen molar-refractivity contribution in [3.8, 4) is 5.75 Å². The summed E-state index contributed by atoms with van der Waals surface area (Å²) in [5.74, 6) is 0.819. The number of likely N-dealkylation sites (tertiary alicyclic amines) is 1. The Morgan fingerprint density at radius 1 is 1.03 bits per heavy atom. The number of fused-ring (bicyclic) bond motifs is 1. The first kappa shape index (κ1) is 25.2. The Labute approximate surface area is 216 Å². The third-order valence-electron chi connectivity index (χ3n) is 7.19. The molecule has 0 saturated carbocycles. The van der Waals surface area contributed by atoms with Crippen molar-refractivity contribution < 1.29 is 24.8 Å². The van der Waals surface area contributed by atoms with Gasteiger partial charge in [0.2, 0.25) is 0 Å². The van der Waals surface area contributed by atoms with Gasteiger partial charge in [-0.15, -0.1) is 0 Å². The van der Waals surface area contributed by atoms with Gasteiger partial charge in [0, 0.05) is 24.7 Å². The Bertz CT molecular complexity index is 1170. The minimum absolute atomic E-state index is 0.223. The third kappa shape index (κ3) is 5.02. The number of aliphatic hydroxyl groups excluding tert-OH is 2. The van der Waals surface area contributed by atoms with Crippen LogP contribution in [0.5, 0.6) is 5.75 Å². The van der Waals surface area contributed by atoms with Gasteiger partial charge in [0.1, 0.15) is 35.8 Å². The highest BCUT2D eigenvalue weighted by atomic mass is 35.5.